The molecule has 0 saturated heterocycles. The molecule has 3 aromatic rings. The van der Waals surface area contributed by atoms with Crippen molar-refractivity contribution in [2.75, 3.05) is 6.54 Å². The van der Waals surface area contributed by atoms with Gasteiger partial charge in [0, 0.05) is 29.2 Å². The fraction of sp³-hybridized carbons (Fsp3) is 0.200. The highest BCUT2D eigenvalue weighted by molar-refractivity contribution is 7.90. The zero-order chi connectivity index (χ0) is 19.7. The van der Waals surface area contributed by atoms with Gasteiger partial charge in [0.25, 0.3) is 10.0 Å². The summed E-state index contributed by atoms with van der Waals surface area (Å²) in [6.45, 7) is 2.11. The summed E-state index contributed by atoms with van der Waals surface area (Å²) in [7, 11) is -3.61. The van der Waals surface area contributed by atoms with E-state index in [2.05, 4.69) is 20.0 Å². The van der Waals surface area contributed by atoms with Crippen molar-refractivity contribution in [3.8, 4) is 0 Å². The van der Waals surface area contributed by atoms with Crippen molar-refractivity contribution in [2.45, 2.75) is 24.3 Å². The number of amides is 1. The van der Waals surface area contributed by atoms with Crippen molar-refractivity contribution in [1.82, 2.24) is 15.0 Å². The van der Waals surface area contributed by atoms with Gasteiger partial charge < -0.3 is 10.3 Å². The quantitative estimate of drug-likeness (QED) is 0.614. The van der Waals surface area contributed by atoms with Crippen LogP contribution in [-0.4, -0.2) is 37.7 Å². The zero-order valence-corrected chi connectivity index (χ0v) is 16.1. The maximum atomic E-state index is 12.4. The van der Waals surface area contributed by atoms with Gasteiger partial charge >= 0.3 is 0 Å². The van der Waals surface area contributed by atoms with Crippen LogP contribution in [0.15, 0.2) is 64.6 Å². The number of carbonyl (C=O) groups excluding carboxylic acids is 1. The number of aliphatic imine (C=N–C) groups is 1. The van der Waals surface area contributed by atoms with Gasteiger partial charge in [-0.1, -0.05) is 30.3 Å². The van der Waals surface area contributed by atoms with Gasteiger partial charge in [-0.2, -0.15) is 0 Å². The van der Waals surface area contributed by atoms with E-state index in [9.17, 15) is 13.2 Å². The fourth-order valence-corrected chi connectivity index (χ4v) is 4.53. The molecule has 3 N–H and O–H groups in total. The minimum atomic E-state index is -3.61. The van der Waals surface area contributed by atoms with E-state index in [1.807, 2.05) is 30.5 Å². The second-order valence-corrected chi connectivity index (χ2v) is 8.31. The van der Waals surface area contributed by atoms with Gasteiger partial charge in [-0.25, -0.2) is 8.42 Å². The second-order valence-electron chi connectivity index (χ2n) is 6.66. The maximum Gasteiger partial charge on any atom is 0.263 e. The molecule has 1 aromatic heterocycles. The molecule has 0 radical (unpaired) electrons. The van der Waals surface area contributed by atoms with Crippen molar-refractivity contribution in [1.29, 1.82) is 0 Å². The smallest absolute Gasteiger partial charge is 0.263 e. The molecule has 0 fully saturated rings. The first-order valence-corrected chi connectivity index (χ1v) is 10.5. The highest BCUT2D eigenvalue weighted by Gasteiger charge is 2.31. The molecule has 7 nitrogen and oxygen atoms in total. The summed E-state index contributed by atoms with van der Waals surface area (Å²) in [5.74, 6) is -0.0502. The number of hydrogen-bond donors (Lipinski definition) is 3. The molecule has 2 aromatic carbocycles. The van der Waals surface area contributed by atoms with Gasteiger partial charge in [0.15, 0.2) is 0 Å². The van der Waals surface area contributed by atoms with Crippen molar-refractivity contribution in [2.24, 2.45) is 4.99 Å². The van der Waals surface area contributed by atoms with Crippen LogP contribution in [0.2, 0.25) is 0 Å². The number of sulfonamides is 1. The Labute approximate surface area is 162 Å². The Kier molecular flexibility index (Phi) is 4.64. The van der Waals surface area contributed by atoms with Crippen molar-refractivity contribution in [3.05, 3.63) is 65.9 Å². The van der Waals surface area contributed by atoms with Crippen LogP contribution in [0.1, 0.15) is 18.1 Å². The number of H-pyrrole nitrogens is 1. The van der Waals surface area contributed by atoms with E-state index in [1.54, 1.807) is 25.1 Å². The van der Waals surface area contributed by atoms with Crippen LogP contribution < -0.4 is 10.0 Å². The summed E-state index contributed by atoms with van der Waals surface area (Å²) >= 11 is 0. The first-order chi connectivity index (χ1) is 13.5. The first kappa shape index (κ1) is 18.2. The molecule has 144 valence electrons. The molecule has 0 bridgehead atoms. The van der Waals surface area contributed by atoms with Crippen molar-refractivity contribution < 1.29 is 13.2 Å². The predicted octanol–water partition coefficient (Wildman–Crippen LogP) is 1.95. The topological polar surface area (TPSA) is 103 Å². The molecule has 0 aliphatic carbocycles. The largest absolute Gasteiger partial charge is 0.361 e. The molecule has 0 saturated carbocycles. The van der Waals surface area contributed by atoms with Crippen LogP contribution in [0.3, 0.4) is 0 Å². The van der Waals surface area contributed by atoms with Crippen LogP contribution in [0, 0.1) is 0 Å². The molecule has 2 heterocycles. The zero-order valence-electron chi connectivity index (χ0n) is 15.3. The second kappa shape index (κ2) is 7.12. The Bertz CT molecular complexity index is 1180. The molecule has 4 rings (SSSR count). The number of rotatable bonds is 5. The number of para-hydroxylation sites is 1. The Hall–Kier alpha value is -3.13. The lowest BCUT2D eigenvalue weighted by Gasteiger charge is -2.09. The number of benzene rings is 2. The van der Waals surface area contributed by atoms with Gasteiger partial charge in [0.2, 0.25) is 5.91 Å². The number of nitrogens with one attached hydrogen (secondary N) is 3. The lowest BCUT2D eigenvalue weighted by Crippen LogP contribution is -2.35. The molecule has 1 atom stereocenters. The van der Waals surface area contributed by atoms with Crippen molar-refractivity contribution >= 4 is 32.7 Å². The van der Waals surface area contributed by atoms with E-state index in [4.69, 9.17) is 0 Å². The van der Waals surface area contributed by atoms with E-state index in [0.29, 0.717) is 18.5 Å². The molecular formula is C20H20N4O3S. The minimum absolute atomic E-state index is 0.181. The summed E-state index contributed by atoms with van der Waals surface area (Å²) in [4.78, 5) is 20.1. The van der Waals surface area contributed by atoms with E-state index in [1.165, 1.54) is 6.07 Å². The van der Waals surface area contributed by atoms with Crippen LogP contribution in [0.25, 0.3) is 10.9 Å². The molecule has 0 unspecified atom stereocenters. The van der Waals surface area contributed by atoms with Gasteiger partial charge in [-0.05, 0) is 37.1 Å². The molecule has 1 amide bonds. The summed E-state index contributed by atoms with van der Waals surface area (Å²) in [6.07, 6.45) is 2.64. The average Bonchev–Trinajstić information content (AvgIpc) is 3.21. The highest BCUT2D eigenvalue weighted by atomic mass is 32.2. The fourth-order valence-electron chi connectivity index (χ4n) is 3.29. The normalized spacial score (nSPS) is 17.2. The lowest BCUT2D eigenvalue weighted by atomic mass is 10.1. The Balaban J connectivity index is 1.41. The van der Waals surface area contributed by atoms with E-state index in [0.717, 1.165) is 16.5 Å². The summed E-state index contributed by atoms with van der Waals surface area (Å²) in [5, 5.41) is 4.01. The molecule has 0 spiro atoms. The Morgan fingerprint density at radius 3 is 2.75 bits per heavy atom. The molecule has 8 heteroatoms. The number of carbonyl (C=O) groups is 1. The molecule has 1 aliphatic heterocycles. The monoisotopic (exact) mass is 396 g/mol. The summed E-state index contributed by atoms with van der Waals surface area (Å²) in [5.41, 5.74) is 2.68. The number of nitrogens with zero attached hydrogens (tertiary/aromatic N) is 1. The van der Waals surface area contributed by atoms with Gasteiger partial charge in [0.1, 0.15) is 11.9 Å². The van der Waals surface area contributed by atoms with Gasteiger partial charge in [0.05, 0.1) is 4.90 Å². The Morgan fingerprint density at radius 2 is 1.89 bits per heavy atom. The van der Waals surface area contributed by atoms with Crippen LogP contribution in [0.5, 0.6) is 0 Å². The van der Waals surface area contributed by atoms with E-state index < -0.39 is 16.1 Å². The highest BCUT2D eigenvalue weighted by Crippen LogP contribution is 2.22. The number of amidine groups is 1. The molecule has 28 heavy (non-hydrogen) atoms. The molecular weight excluding hydrogens is 376 g/mol. The van der Waals surface area contributed by atoms with Crippen molar-refractivity contribution in [3.63, 3.8) is 0 Å². The van der Waals surface area contributed by atoms with Crippen LogP contribution in [0.4, 0.5) is 0 Å². The average molecular weight is 396 g/mol. The first-order valence-electron chi connectivity index (χ1n) is 8.98. The Morgan fingerprint density at radius 1 is 1.14 bits per heavy atom. The third-order valence-electron chi connectivity index (χ3n) is 4.73. The van der Waals surface area contributed by atoms with E-state index >= 15 is 0 Å². The third-order valence-corrected chi connectivity index (χ3v) is 6.13. The lowest BCUT2D eigenvalue weighted by molar-refractivity contribution is -0.121. The number of aromatic amines is 1. The summed E-state index contributed by atoms with van der Waals surface area (Å²) in [6, 6.07) is 13.9. The maximum absolute atomic E-state index is 12.4. The number of fused-ring (bicyclic) bond motifs is 2. The minimum Gasteiger partial charge on any atom is -0.361 e. The number of aromatic nitrogens is 1. The SMILES string of the molecule is C[C@H](N=C1NS(=O)(=O)c2ccccc21)C(=O)NCCc1c[nH]c2ccccc12. The van der Waals surface area contributed by atoms with Gasteiger partial charge in [-0.15, -0.1) is 0 Å². The standard InChI is InChI=1S/C20H20N4O3S/c1-13(23-19-16-7-3-5-9-18(16)28(26,27)24-19)20(25)21-11-10-14-12-22-17-8-4-2-6-15(14)17/h2-9,12-13,22H,10-11H2,1H3,(H,21,25)(H,23,24)/t13-/m0/s1. The van der Waals surface area contributed by atoms with Gasteiger partial charge in [-0.3, -0.25) is 14.5 Å². The van der Waals surface area contributed by atoms with Crippen LogP contribution >= 0.6 is 0 Å². The summed E-state index contributed by atoms with van der Waals surface area (Å²) < 4.78 is 26.7. The van der Waals surface area contributed by atoms with Crippen LogP contribution in [-0.2, 0) is 21.2 Å². The molecule has 1 aliphatic rings. The number of hydrogen-bond acceptors (Lipinski definition) is 4. The predicted molar refractivity (Wildman–Crippen MR) is 108 cm³/mol. The third kappa shape index (κ3) is 3.38. The van der Waals surface area contributed by atoms with E-state index in [-0.39, 0.29) is 16.6 Å².